The Balaban J connectivity index is 2.13. The molecule has 2 rings (SSSR count). The standard InChI is InChI=1S/C11H15N/c1-2-9-3-5-10(6-4-9)11-7-8-12-11/h3-6,11-12H,2,7-8H2,1H3/t11-/m0/s1. The number of hydrogen-bond donors (Lipinski definition) is 1. The minimum absolute atomic E-state index is 0.635. The summed E-state index contributed by atoms with van der Waals surface area (Å²) in [5, 5.41) is 3.40. The highest BCUT2D eigenvalue weighted by Gasteiger charge is 2.17. The summed E-state index contributed by atoms with van der Waals surface area (Å²) in [6.45, 7) is 3.37. The fourth-order valence-electron chi connectivity index (χ4n) is 1.56. The maximum Gasteiger partial charge on any atom is 0.0332 e. The third kappa shape index (κ3) is 1.37. The molecule has 1 N–H and O–H groups in total. The number of benzene rings is 1. The van der Waals surface area contributed by atoms with E-state index < -0.39 is 0 Å². The van der Waals surface area contributed by atoms with Crippen LogP contribution in [0.4, 0.5) is 0 Å². The van der Waals surface area contributed by atoms with Gasteiger partial charge in [-0.1, -0.05) is 31.2 Å². The van der Waals surface area contributed by atoms with E-state index in [4.69, 9.17) is 0 Å². The van der Waals surface area contributed by atoms with Gasteiger partial charge in [0.15, 0.2) is 0 Å². The Morgan fingerprint density at radius 2 is 2.00 bits per heavy atom. The molecule has 1 aromatic carbocycles. The highest BCUT2D eigenvalue weighted by Crippen LogP contribution is 2.22. The van der Waals surface area contributed by atoms with Gasteiger partial charge in [0.2, 0.25) is 0 Å². The molecule has 1 nitrogen and oxygen atoms in total. The maximum atomic E-state index is 3.40. The number of rotatable bonds is 2. The van der Waals surface area contributed by atoms with Crippen molar-refractivity contribution < 1.29 is 0 Å². The molecule has 0 spiro atoms. The fraction of sp³-hybridized carbons (Fsp3) is 0.455. The molecule has 1 saturated heterocycles. The smallest absolute Gasteiger partial charge is 0.0332 e. The van der Waals surface area contributed by atoms with Gasteiger partial charge in [-0.25, -0.2) is 0 Å². The molecule has 1 aromatic rings. The Kier molecular flexibility index (Phi) is 2.13. The van der Waals surface area contributed by atoms with E-state index in [1.165, 1.54) is 24.1 Å². The zero-order valence-electron chi connectivity index (χ0n) is 7.51. The van der Waals surface area contributed by atoms with Crippen LogP contribution in [0.25, 0.3) is 0 Å². The second kappa shape index (κ2) is 3.28. The highest BCUT2D eigenvalue weighted by molar-refractivity contribution is 5.26. The van der Waals surface area contributed by atoms with Crippen LogP contribution in [0.15, 0.2) is 24.3 Å². The van der Waals surface area contributed by atoms with Crippen molar-refractivity contribution in [2.24, 2.45) is 0 Å². The SMILES string of the molecule is CCc1ccc([C@@H]2CCN2)cc1. The van der Waals surface area contributed by atoms with Gasteiger partial charge in [0.1, 0.15) is 0 Å². The summed E-state index contributed by atoms with van der Waals surface area (Å²) in [6.07, 6.45) is 2.43. The lowest BCUT2D eigenvalue weighted by Gasteiger charge is -2.28. The Labute approximate surface area is 73.8 Å². The average molecular weight is 161 g/mol. The van der Waals surface area contributed by atoms with Crippen LogP contribution < -0.4 is 5.32 Å². The minimum Gasteiger partial charge on any atom is -0.310 e. The summed E-state index contributed by atoms with van der Waals surface area (Å²) in [4.78, 5) is 0. The van der Waals surface area contributed by atoms with E-state index in [2.05, 4.69) is 36.5 Å². The van der Waals surface area contributed by atoms with Crippen molar-refractivity contribution in [3.63, 3.8) is 0 Å². The van der Waals surface area contributed by atoms with Crippen molar-refractivity contribution in [3.8, 4) is 0 Å². The first-order valence-corrected chi connectivity index (χ1v) is 4.72. The van der Waals surface area contributed by atoms with Crippen molar-refractivity contribution in [1.82, 2.24) is 5.32 Å². The van der Waals surface area contributed by atoms with E-state index in [9.17, 15) is 0 Å². The Morgan fingerprint density at radius 3 is 2.42 bits per heavy atom. The number of aryl methyl sites for hydroxylation is 1. The van der Waals surface area contributed by atoms with E-state index in [-0.39, 0.29) is 0 Å². The maximum absolute atomic E-state index is 3.40. The topological polar surface area (TPSA) is 12.0 Å². The second-order valence-corrected chi connectivity index (χ2v) is 3.39. The van der Waals surface area contributed by atoms with Crippen molar-refractivity contribution in [3.05, 3.63) is 35.4 Å². The van der Waals surface area contributed by atoms with Gasteiger partial charge in [-0.3, -0.25) is 0 Å². The van der Waals surface area contributed by atoms with Gasteiger partial charge in [-0.05, 0) is 30.5 Å². The van der Waals surface area contributed by atoms with Crippen molar-refractivity contribution in [2.75, 3.05) is 6.54 Å². The Bertz CT molecular complexity index is 246. The van der Waals surface area contributed by atoms with Crippen LogP contribution in [0.5, 0.6) is 0 Å². The lowest BCUT2D eigenvalue weighted by Crippen LogP contribution is -2.34. The quantitative estimate of drug-likeness (QED) is 0.701. The third-order valence-corrected chi connectivity index (χ3v) is 2.61. The molecule has 0 bridgehead atoms. The average Bonchev–Trinajstić information content (AvgIpc) is 2.03. The molecule has 1 atom stereocenters. The van der Waals surface area contributed by atoms with Gasteiger partial charge in [-0.15, -0.1) is 0 Å². The van der Waals surface area contributed by atoms with Gasteiger partial charge in [0.05, 0.1) is 0 Å². The van der Waals surface area contributed by atoms with Gasteiger partial charge in [0.25, 0.3) is 0 Å². The normalized spacial score (nSPS) is 21.9. The van der Waals surface area contributed by atoms with Crippen molar-refractivity contribution >= 4 is 0 Å². The summed E-state index contributed by atoms with van der Waals surface area (Å²) in [6, 6.07) is 9.59. The summed E-state index contributed by atoms with van der Waals surface area (Å²) < 4.78 is 0. The van der Waals surface area contributed by atoms with Gasteiger partial charge < -0.3 is 5.32 Å². The molecule has 0 radical (unpaired) electrons. The van der Waals surface area contributed by atoms with E-state index >= 15 is 0 Å². The van der Waals surface area contributed by atoms with Crippen LogP contribution in [-0.4, -0.2) is 6.54 Å². The Hall–Kier alpha value is -0.820. The van der Waals surface area contributed by atoms with Crippen LogP contribution in [-0.2, 0) is 6.42 Å². The number of nitrogens with one attached hydrogen (secondary N) is 1. The molecular formula is C11H15N. The zero-order chi connectivity index (χ0) is 8.39. The molecule has 1 aliphatic heterocycles. The summed E-state index contributed by atoms with van der Waals surface area (Å²) in [5.41, 5.74) is 2.87. The van der Waals surface area contributed by atoms with E-state index in [0.29, 0.717) is 6.04 Å². The molecule has 12 heavy (non-hydrogen) atoms. The molecule has 1 aliphatic rings. The molecule has 1 fully saturated rings. The molecule has 1 heterocycles. The van der Waals surface area contributed by atoms with Crippen LogP contribution in [0.1, 0.15) is 30.5 Å². The first-order chi connectivity index (χ1) is 5.90. The van der Waals surface area contributed by atoms with Gasteiger partial charge in [-0.2, -0.15) is 0 Å². The minimum atomic E-state index is 0.635. The first-order valence-electron chi connectivity index (χ1n) is 4.72. The molecule has 0 unspecified atom stereocenters. The largest absolute Gasteiger partial charge is 0.310 e. The van der Waals surface area contributed by atoms with E-state index in [1.54, 1.807) is 0 Å². The van der Waals surface area contributed by atoms with E-state index in [0.717, 1.165) is 6.42 Å². The predicted molar refractivity (Wildman–Crippen MR) is 51.2 cm³/mol. The fourth-order valence-corrected chi connectivity index (χ4v) is 1.56. The van der Waals surface area contributed by atoms with Crippen molar-refractivity contribution in [1.29, 1.82) is 0 Å². The zero-order valence-corrected chi connectivity index (χ0v) is 7.51. The predicted octanol–water partition coefficient (Wildman–Crippen LogP) is 2.28. The molecule has 0 amide bonds. The molecule has 1 heteroatoms. The highest BCUT2D eigenvalue weighted by atomic mass is 15.0. The van der Waals surface area contributed by atoms with Crippen molar-refractivity contribution in [2.45, 2.75) is 25.8 Å². The van der Waals surface area contributed by atoms with Crippen LogP contribution >= 0.6 is 0 Å². The number of hydrogen-bond acceptors (Lipinski definition) is 1. The molecule has 0 aromatic heterocycles. The summed E-state index contributed by atoms with van der Waals surface area (Å²) in [7, 11) is 0. The summed E-state index contributed by atoms with van der Waals surface area (Å²) >= 11 is 0. The Morgan fingerprint density at radius 1 is 1.33 bits per heavy atom. The second-order valence-electron chi connectivity index (χ2n) is 3.39. The molecule has 0 saturated carbocycles. The molecule has 0 aliphatic carbocycles. The summed E-state index contributed by atoms with van der Waals surface area (Å²) in [5.74, 6) is 0. The third-order valence-electron chi connectivity index (χ3n) is 2.61. The molecular weight excluding hydrogens is 146 g/mol. The van der Waals surface area contributed by atoms with Crippen LogP contribution in [0.3, 0.4) is 0 Å². The lowest BCUT2D eigenvalue weighted by atomic mass is 9.97. The molecule has 64 valence electrons. The van der Waals surface area contributed by atoms with Gasteiger partial charge in [0, 0.05) is 6.04 Å². The van der Waals surface area contributed by atoms with E-state index in [1.807, 2.05) is 0 Å². The monoisotopic (exact) mass is 161 g/mol. The first kappa shape index (κ1) is 7.81. The van der Waals surface area contributed by atoms with Crippen LogP contribution in [0, 0.1) is 0 Å². The lowest BCUT2D eigenvalue weighted by molar-refractivity contribution is 0.383. The van der Waals surface area contributed by atoms with Crippen LogP contribution in [0.2, 0.25) is 0 Å². The van der Waals surface area contributed by atoms with Gasteiger partial charge >= 0.3 is 0 Å².